The summed E-state index contributed by atoms with van der Waals surface area (Å²) in [6.07, 6.45) is -3.59. The number of aromatic nitrogens is 2. The van der Waals surface area contributed by atoms with Gasteiger partial charge in [-0.1, -0.05) is 6.07 Å². The van der Waals surface area contributed by atoms with Gasteiger partial charge in [-0.3, -0.25) is 4.79 Å². The van der Waals surface area contributed by atoms with Gasteiger partial charge in [0.15, 0.2) is 0 Å². The number of nitrogens with zero attached hydrogens (tertiary/aromatic N) is 2. The lowest BCUT2D eigenvalue weighted by Gasteiger charge is -2.31. The first-order valence-electron chi connectivity index (χ1n) is 10.2. The number of nitrogens with one attached hydrogen (secondary N) is 2. The van der Waals surface area contributed by atoms with E-state index in [4.69, 9.17) is 0 Å². The number of hydrogen-bond acceptors (Lipinski definition) is 4. The molecule has 0 saturated carbocycles. The minimum Gasteiger partial charge on any atom is -0.381 e. The third kappa shape index (κ3) is 4.58. The lowest BCUT2D eigenvalue weighted by atomic mass is 9.92. The number of anilines is 2. The van der Waals surface area contributed by atoms with Crippen LogP contribution in [0.3, 0.4) is 0 Å². The van der Waals surface area contributed by atoms with Crippen LogP contribution in [0.5, 0.6) is 0 Å². The normalized spacial score (nSPS) is 13.5. The van der Waals surface area contributed by atoms with Gasteiger partial charge in [0.25, 0.3) is 0 Å². The molecule has 0 aliphatic carbocycles. The molecule has 1 amide bonds. The van der Waals surface area contributed by atoms with Crippen molar-refractivity contribution in [1.82, 2.24) is 9.78 Å². The van der Waals surface area contributed by atoms with E-state index in [-0.39, 0.29) is 11.5 Å². The first-order chi connectivity index (χ1) is 16.1. The zero-order valence-electron chi connectivity index (χ0n) is 17.9. The van der Waals surface area contributed by atoms with Crippen LogP contribution in [0.1, 0.15) is 12.5 Å². The van der Waals surface area contributed by atoms with Crippen LogP contribution in [0.2, 0.25) is 0 Å². The second-order valence-corrected chi connectivity index (χ2v) is 7.78. The van der Waals surface area contributed by atoms with Gasteiger partial charge < -0.3 is 15.7 Å². The van der Waals surface area contributed by atoms with E-state index in [1.54, 1.807) is 0 Å². The van der Waals surface area contributed by atoms with Crippen molar-refractivity contribution in [1.29, 1.82) is 0 Å². The molecule has 0 saturated heterocycles. The molecular weight excluding hydrogens is 452 g/mol. The Morgan fingerprint density at radius 3 is 2.26 bits per heavy atom. The molecule has 4 rings (SSSR count). The van der Waals surface area contributed by atoms with Crippen molar-refractivity contribution >= 4 is 28.2 Å². The second-order valence-electron chi connectivity index (χ2n) is 7.78. The monoisotopic (exact) mass is 472 g/mol. The van der Waals surface area contributed by atoms with Crippen LogP contribution in [0.4, 0.5) is 28.9 Å². The molecule has 0 aliphatic rings. The van der Waals surface area contributed by atoms with Gasteiger partial charge in [-0.25, -0.2) is 9.07 Å². The van der Waals surface area contributed by atoms with E-state index in [0.29, 0.717) is 28.0 Å². The minimum absolute atomic E-state index is 0.273. The second kappa shape index (κ2) is 8.79. The lowest BCUT2D eigenvalue weighted by Crippen LogP contribution is -2.47. The molecule has 3 aromatic carbocycles. The summed E-state index contributed by atoms with van der Waals surface area (Å²) >= 11 is 0. The highest BCUT2D eigenvalue weighted by atomic mass is 19.4. The van der Waals surface area contributed by atoms with Crippen molar-refractivity contribution in [2.24, 2.45) is 0 Å². The van der Waals surface area contributed by atoms with Gasteiger partial charge in [-0.2, -0.15) is 18.3 Å². The van der Waals surface area contributed by atoms with Crippen LogP contribution in [-0.2, 0) is 10.4 Å². The molecule has 176 valence electrons. The van der Waals surface area contributed by atoms with Gasteiger partial charge in [0.2, 0.25) is 11.5 Å². The Hall–Kier alpha value is -3.92. The summed E-state index contributed by atoms with van der Waals surface area (Å²) in [5.41, 5.74) is -1.67. The van der Waals surface area contributed by atoms with Gasteiger partial charge in [-0.05, 0) is 66.2 Å². The smallest absolute Gasteiger partial charge is 0.381 e. The third-order valence-corrected chi connectivity index (χ3v) is 5.34. The summed E-state index contributed by atoms with van der Waals surface area (Å²) in [5, 5.41) is 20.5. The van der Waals surface area contributed by atoms with Crippen molar-refractivity contribution in [2.75, 3.05) is 17.2 Å². The number of carbonyl (C=O) groups is 1. The van der Waals surface area contributed by atoms with Gasteiger partial charge in [0, 0.05) is 23.7 Å². The molecule has 0 radical (unpaired) electrons. The van der Waals surface area contributed by atoms with E-state index >= 15 is 0 Å². The SMILES string of the molecule is CC(=O)Nc1ccc(NCC(O)(c2ccc3c(cnn3-c3ccc(F)cc3)c2)C(F)(F)F)cc1. The maximum Gasteiger partial charge on any atom is 0.423 e. The fourth-order valence-corrected chi connectivity index (χ4v) is 3.55. The third-order valence-electron chi connectivity index (χ3n) is 5.34. The Balaban J connectivity index is 1.62. The highest BCUT2D eigenvalue weighted by Gasteiger charge is 2.55. The van der Waals surface area contributed by atoms with Crippen LogP contribution < -0.4 is 10.6 Å². The fraction of sp³-hybridized carbons (Fsp3) is 0.167. The summed E-state index contributed by atoms with van der Waals surface area (Å²) in [6, 6.07) is 15.4. The number of halogens is 4. The van der Waals surface area contributed by atoms with E-state index in [0.717, 1.165) is 0 Å². The Bertz CT molecular complexity index is 1320. The zero-order chi connectivity index (χ0) is 24.5. The predicted molar refractivity (Wildman–Crippen MR) is 120 cm³/mol. The molecule has 1 atom stereocenters. The van der Waals surface area contributed by atoms with Crippen LogP contribution in [0.25, 0.3) is 16.6 Å². The Morgan fingerprint density at radius 1 is 1.00 bits per heavy atom. The number of benzene rings is 3. The molecule has 1 aromatic heterocycles. The molecule has 6 nitrogen and oxygen atoms in total. The number of aliphatic hydroxyl groups is 1. The van der Waals surface area contributed by atoms with E-state index < -0.39 is 24.1 Å². The maximum atomic E-state index is 14.0. The van der Waals surface area contributed by atoms with E-state index in [1.165, 1.54) is 84.5 Å². The van der Waals surface area contributed by atoms with E-state index in [2.05, 4.69) is 15.7 Å². The van der Waals surface area contributed by atoms with Crippen molar-refractivity contribution in [3.8, 4) is 5.69 Å². The molecule has 10 heteroatoms. The average molecular weight is 472 g/mol. The molecule has 4 aromatic rings. The molecule has 0 fully saturated rings. The Morgan fingerprint density at radius 2 is 1.65 bits per heavy atom. The quantitative estimate of drug-likeness (QED) is 0.346. The van der Waals surface area contributed by atoms with Crippen LogP contribution in [0.15, 0.2) is 72.9 Å². The van der Waals surface area contributed by atoms with Crippen molar-refractivity contribution < 1.29 is 27.5 Å². The summed E-state index contributed by atoms with van der Waals surface area (Å²) < 4.78 is 56.7. The lowest BCUT2D eigenvalue weighted by molar-refractivity contribution is -0.260. The van der Waals surface area contributed by atoms with Crippen LogP contribution in [0, 0.1) is 5.82 Å². The highest BCUT2D eigenvalue weighted by molar-refractivity contribution is 5.88. The summed E-state index contributed by atoms with van der Waals surface area (Å²) in [4.78, 5) is 11.1. The first-order valence-corrected chi connectivity index (χ1v) is 10.2. The predicted octanol–water partition coefficient (Wildman–Crippen LogP) is 4.99. The van der Waals surface area contributed by atoms with Crippen molar-refractivity contribution in [3.63, 3.8) is 0 Å². The Labute approximate surface area is 191 Å². The summed E-state index contributed by atoms with van der Waals surface area (Å²) in [7, 11) is 0. The number of hydrogen-bond donors (Lipinski definition) is 3. The number of rotatable bonds is 6. The molecule has 1 unspecified atom stereocenters. The van der Waals surface area contributed by atoms with Crippen molar-refractivity contribution in [3.05, 3.63) is 84.3 Å². The molecule has 1 heterocycles. The number of fused-ring (bicyclic) bond motifs is 1. The van der Waals surface area contributed by atoms with E-state index in [1.807, 2.05) is 0 Å². The fourth-order valence-electron chi connectivity index (χ4n) is 3.55. The first kappa shape index (κ1) is 23.2. The van der Waals surface area contributed by atoms with Gasteiger partial charge in [-0.15, -0.1) is 0 Å². The van der Waals surface area contributed by atoms with Crippen molar-refractivity contribution in [2.45, 2.75) is 18.7 Å². The summed E-state index contributed by atoms with van der Waals surface area (Å²) in [5.74, 6) is -0.694. The molecule has 34 heavy (non-hydrogen) atoms. The highest BCUT2D eigenvalue weighted by Crippen LogP contribution is 2.40. The van der Waals surface area contributed by atoms with Gasteiger partial charge in [0.1, 0.15) is 5.82 Å². The minimum atomic E-state index is -4.98. The zero-order valence-corrected chi connectivity index (χ0v) is 17.9. The number of carbonyl (C=O) groups excluding carboxylic acids is 1. The number of amides is 1. The van der Waals surface area contributed by atoms with Gasteiger partial charge in [0.05, 0.1) is 23.9 Å². The maximum absolute atomic E-state index is 14.0. The summed E-state index contributed by atoms with van der Waals surface area (Å²) in [6.45, 7) is 0.503. The molecule has 0 aliphatic heterocycles. The van der Waals surface area contributed by atoms with E-state index in [9.17, 15) is 27.5 Å². The number of alkyl halides is 3. The Kier molecular flexibility index (Phi) is 6.01. The van der Waals surface area contributed by atoms with Crippen LogP contribution in [-0.4, -0.2) is 33.5 Å². The molecule has 3 N–H and O–H groups in total. The molecular formula is C24H20F4N4O2. The van der Waals surface area contributed by atoms with Gasteiger partial charge >= 0.3 is 6.18 Å². The molecule has 0 spiro atoms. The largest absolute Gasteiger partial charge is 0.423 e. The standard InChI is InChI=1S/C24H20F4N4O2/c1-15(33)31-20-7-5-19(6-8-20)29-14-23(34,24(26,27)28)17-2-11-22-16(12-17)13-30-32(22)21-9-3-18(25)4-10-21/h2-13,29,34H,14H2,1H3,(H,31,33). The topological polar surface area (TPSA) is 79.2 Å². The molecule has 0 bridgehead atoms. The average Bonchev–Trinajstić information content (AvgIpc) is 3.21. The van der Waals surface area contributed by atoms with Crippen LogP contribution >= 0.6 is 0 Å².